The van der Waals surface area contributed by atoms with Gasteiger partial charge in [-0.05, 0) is 43.3 Å². The summed E-state index contributed by atoms with van der Waals surface area (Å²) in [6.07, 6.45) is 3.31. The Morgan fingerprint density at radius 1 is 1.18 bits per heavy atom. The van der Waals surface area contributed by atoms with Crippen LogP contribution in [0.5, 0.6) is 5.75 Å². The van der Waals surface area contributed by atoms with Crippen LogP contribution in [0.3, 0.4) is 0 Å². The standard InChI is InChI=1S/C22H18N4O2/c1-2-28-19-9-7-18(8-10-19)25-22(27)16(14-24)13-17-15-26(12-11-23)21-6-4-3-5-20(17)21/h3-10,13,15H,2,12H2,1H3,(H,25,27)/b16-13-. The second kappa shape index (κ2) is 8.57. The van der Waals surface area contributed by atoms with Crippen molar-refractivity contribution >= 4 is 28.6 Å². The number of ether oxygens (including phenoxy) is 1. The molecule has 0 saturated heterocycles. The predicted octanol–water partition coefficient (Wildman–Crippen LogP) is 4.11. The van der Waals surface area contributed by atoms with E-state index in [1.165, 1.54) is 0 Å². The third-order valence-electron chi connectivity index (χ3n) is 4.15. The van der Waals surface area contributed by atoms with Gasteiger partial charge in [0.1, 0.15) is 23.9 Å². The summed E-state index contributed by atoms with van der Waals surface area (Å²) in [4.78, 5) is 12.5. The fourth-order valence-electron chi connectivity index (χ4n) is 2.90. The number of carbonyl (C=O) groups excluding carboxylic acids is 1. The van der Waals surface area contributed by atoms with Gasteiger partial charge in [-0.2, -0.15) is 10.5 Å². The van der Waals surface area contributed by atoms with Crippen molar-refractivity contribution < 1.29 is 9.53 Å². The van der Waals surface area contributed by atoms with Crippen molar-refractivity contribution in [1.82, 2.24) is 4.57 Å². The number of benzene rings is 2. The molecule has 0 saturated carbocycles. The van der Waals surface area contributed by atoms with Crippen LogP contribution in [0.1, 0.15) is 12.5 Å². The molecular weight excluding hydrogens is 352 g/mol. The number of carbonyl (C=O) groups is 1. The van der Waals surface area contributed by atoms with Crippen LogP contribution in [-0.4, -0.2) is 17.1 Å². The molecule has 1 amide bonds. The van der Waals surface area contributed by atoms with Gasteiger partial charge in [-0.1, -0.05) is 18.2 Å². The summed E-state index contributed by atoms with van der Waals surface area (Å²) < 4.78 is 7.17. The number of rotatable bonds is 6. The molecule has 1 aromatic heterocycles. The van der Waals surface area contributed by atoms with Gasteiger partial charge in [0.2, 0.25) is 0 Å². The van der Waals surface area contributed by atoms with E-state index in [2.05, 4.69) is 11.4 Å². The SMILES string of the molecule is CCOc1ccc(NC(=O)/C(C#N)=C\c2cn(CC#N)c3ccccc23)cc1. The molecule has 0 aliphatic heterocycles. The molecule has 28 heavy (non-hydrogen) atoms. The monoisotopic (exact) mass is 370 g/mol. The molecule has 1 N–H and O–H groups in total. The zero-order valence-electron chi connectivity index (χ0n) is 15.3. The number of amides is 1. The Morgan fingerprint density at radius 2 is 1.93 bits per heavy atom. The van der Waals surface area contributed by atoms with Crippen LogP contribution in [0.15, 0.2) is 60.3 Å². The Balaban J connectivity index is 1.88. The van der Waals surface area contributed by atoms with Crippen LogP contribution in [0.2, 0.25) is 0 Å². The molecule has 0 aliphatic carbocycles. The van der Waals surface area contributed by atoms with Crippen molar-refractivity contribution in [3.05, 3.63) is 65.9 Å². The van der Waals surface area contributed by atoms with E-state index >= 15 is 0 Å². The molecule has 0 radical (unpaired) electrons. The first kappa shape index (κ1) is 18.8. The number of hydrogen-bond acceptors (Lipinski definition) is 4. The van der Waals surface area contributed by atoms with Gasteiger partial charge in [0.25, 0.3) is 5.91 Å². The van der Waals surface area contributed by atoms with E-state index in [-0.39, 0.29) is 12.1 Å². The highest BCUT2D eigenvalue weighted by Crippen LogP contribution is 2.24. The Morgan fingerprint density at radius 3 is 2.61 bits per heavy atom. The summed E-state index contributed by atoms with van der Waals surface area (Å²) in [7, 11) is 0. The lowest BCUT2D eigenvalue weighted by molar-refractivity contribution is -0.112. The molecule has 3 rings (SSSR count). The van der Waals surface area contributed by atoms with Gasteiger partial charge in [-0.3, -0.25) is 4.79 Å². The number of nitriles is 2. The fourth-order valence-corrected chi connectivity index (χ4v) is 2.90. The number of aromatic nitrogens is 1. The van der Waals surface area contributed by atoms with E-state index in [4.69, 9.17) is 10.00 Å². The maximum Gasteiger partial charge on any atom is 0.266 e. The number of para-hydroxylation sites is 1. The zero-order valence-corrected chi connectivity index (χ0v) is 15.3. The number of nitrogens with one attached hydrogen (secondary N) is 1. The Labute approximate surface area is 162 Å². The second-order valence-electron chi connectivity index (χ2n) is 5.97. The molecule has 2 aromatic carbocycles. The highest BCUT2D eigenvalue weighted by atomic mass is 16.5. The summed E-state index contributed by atoms with van der Waals surface area (Å²) in [6, 6.07) is 18.6. The average Bonchev–Trinajstić information content (AvgIpc) is 3.05. The smallest absolute Gasteiger partial charge is 0.266 e. The zero-order chi connectivity index (χ0) is 19.9. The van der Waals surface area contributed by atoms with E-state index in [1.807, 2.05) is 37.3 Å². The Hall–Kier alpha value is -4.03. The van der Waals surface area contributed by atoms with Crippen LogP contribution in [0, 0.1) is 22.7 Å². The van der Waals surface area contributed by atoms with Gasteiger partial charge in [0.15, 0.2) is 0 Å². The minimum atomic E-state index is -0.497. The lowest BCUT2D eigenvalue weighted by Crippen LogP contribution is -2.13. The van der Waals surface area contributed by atoms with E-state index in [0.29, 0.717) is 23.6 Å². The highest BCUT2D eigenvalue weighted by molar-refractivity contribution is 6.10. The van der Waals surface area contributed by atoms with Crippen molar-refractivity contribution in [3.8, 4) is 17.9 Å². The van der Waals surface area contributed by atoms with E-state index in [9.17, 15) is 10.1 Å². The van der Waals surface area contributed by atoms with Crippen LogP contribution in [-0.2, 0) is 11.3 Å². The number of hydrogen-bond donors (Lipinski definition) is 1. The lowest BCUT2D eigenvalue weighted by atomic mass is 10.1. The number of anilines is 1. The van der Waals surface area contributed by atoms with E-state index in [0.717, 1.165) is 10.9 Å². The molecule has 138 valence electrons. The van der Waals surface area contributed by atoms with Crippen molar-refractivity contribution in [2.24, 2.45) is 0 Å². The van der Waals surface area contributed by atoms with Gasteiger partial charge in [-0.15, -0.1) is 0 Å². The van der Waals surface area contributed by atoms with Gasteiger partial charge >= 0.3 is 0 Å². The maximum absolute atomic E-state index is 12.5. The van der Waals surface area contributed by atoms with Gasteiger partial charge in [0, 0.05) is 28.4 Å². The molecule has 6 heteroatoms. The first-order valence-electron chi connectivity index (χ1n) is 8.77. The normalized spacial score (nSPS) is 10.9. The molecule has 0 unspecified atom stereocenters. The third kappa shape index (κ3) is 4.03. The molecule has 1 heterocycles. The molecule has 0 aliphatic rings. The highest BCUT2D eigenvalue weighted by Gasteiger charge is 2.13. The number of fused-ring (bicyclic) bond motifs is 1. The average molecular weight is 370 g/mol. The Kier molecular flexibility index (Phi) is 5.74. The van der Waals surface area contributed by atoms with Crippen LogP contribution >= 0.6 is 0 Å². The quantitative estimate of drug-likeness (QED) is 0.522. The van der Waals surface area contributed by atoms with Crippen LogP contribution in [0.4, 0.5) is 5.69 Å². The first-order valence-corrected chi connectivity index (χ1v) is 8.77. The molecular formula is C22H18N4O2. The van der Waals surface area contributed by atoms with Gasteiger partial charge in [0.05, 0.1) is 12.7 Å². The molecule has 0 fully saturated rings. The summed E-state index contributed by atoms with van der Waals surface area (Å²) in [5.41, 5.74) is 2.14. The van der Waals surface area contributed by atoms with E-state index in [1.54, 1.807) is 41.1 Å². The van der Waals surface area contributed by atoms with Crippen molar-refractivity contribution in [2.75, 3.05) is 11.9 Å². The first-order chi connectivity index (χ1) is 13.7. The van der Waals surface area contributed by atoms with Gasteiger partial charge in [-0.25, -0.2) is 0 Å². The summed E-state index contributed by atoms with van der Waals surface area (Å²) in [6.45, 7) is 2.65. The molecule has 0 atom stereocenters. The maximum atomic E-state index is 12.5. The Bertz CT molecular complexity index is 1110. The van der Waals surface area contributed by atoms with Crippen LogP contribution < -0.4 is 10.1 Å². The topological polar surface area (TPSA) is 90.8 Å². The minimum Gasteiger partial charge on any atom is -0.494 e. The summed E-state index contributed by atoms with van der Waals surface area (Å²) >= 11 is 0. The van der Waals surface area contributed by atoms with Crippen molar-refractivity contribution in [3.63, 3.8) is 0 Å². The predicted molar refractivity (Wildman–Crippen MR) is 107 cm³/mol. The fraction of sp³-hybridized carbons (Fsp3) is 0.136. The third-order valence-corrected chi connectivity index (χ3v) is 4.15. The number of nitrogens with zero attached hydrogens (tertiary/aromatic N) is 3. The lowest BCUT2D eigenvalue weighted by Gasteiger charge is -2.06. The minimum absolute atomic E-state index is 0.0197. The molecule has 3 aromatic rings. The summed E-state index contributed by atoms with van der Waals surface area (Å²) in [5, 5.41) is 22.1. The van der Waals surface area contributed by atoms with Gasteiger partial charge < -0.3 is 14.6 Å². The van der Waals surface area contributed by atoms with Crippen LogP contribution in [0.25, 0.3) is 17.0 Å². The van der Waals surface area contributed by atoms with E-state index < -0.39 is 5.91 Å². The molecule has 0 spiro atoms. The molecule has 6 nitrogen and oxygen atoms in total. The largest absolute Gasteiger partial charge is 0.494 e. The van der Waals surface area contributed by atoms with Crippen molar-refractivity contribution in [2.45, 2.75) is 13.5 Å². The van der Waals surface area contributed by atoms with Crippen molar-refractivity contribution in [1.29, 1.82) is 10.5 Å². The summed E-state index contributed by atoms with van der Waals surface area (Å²) in [5.74, 6) is 0.214. The second-order valence-corrected chi connectivity index (χ2v) is 5.97. The molecule has 0 bridgehead atoms.